The highest BCUT2D eigenvalue weighted by Crippen LogP contribution is 2.14. The number of nitrogens with two attached hydrogens (primary N) is 1. The fourth-order valence-corrected chi connectivity index (χ4v) is 2.02. The zero-order valence-electron chi connectivity index (χ0n) is 11.1. The van der Waals surface area contributed by atoms with Gasteiger partial charge in [-0.1, -0.05) is 31.5 Å². The molecule has 1 aromatic carbocycles. The van der Waals surface area contributed by atoms with E-state index in [0.29, 0.717) is 13.0 Å². The molecule has 17 heavy (non-hydrogen) atoms. The van der Waals surface area contributed by atoms with Gasteiger partial charge in [0.2, 0.25) is 0 Å². The molecule has 0 aliphatic carbocycles. The number of ketones is 1. The van der Waals surface area contributed by atoms with Crippen LogP contribution in [-0.4, -0.2) is 12.3 Å². The Labute approximate surface area is 104 Å². The molecule has 0 spiro atoms. The van der Waals surface area contributed by atoms with Crippen LogP contribution in [0.3, 0.4) is 0 Å². The Bertz CT molecular complexity index is 385. The van der Waals surface area contributed by atoms with E-state index in [-0.39, 0.29) is 11.7 Å². The van der Waals surface area contributed by atoms with Crippen molar-refractivity contribution in [1.82, 2.24) is 0 Å². The van der Waals surface area contributed by atoms with Gasteiger partial charge in [0.05, 0.1) is 0 Å². The summed E-state index contributed by atoms with van der Waals surface area (Å²) >= 11 is 0. The normalized spacial score (nSPS) is 12.5. The number of carbonyl (C=O) groups is 1. The average Bonchev–Trinajstić information content (AvgIpc) is 2.30. The molecule has 1 atom stereocenters. The summed E-state index contributed by atoms with van der Waals surface area (Å²) in [4.78, 5) is 12.0. The van der Waals surface area contributed by atoms with E-state index in [1.165, 1.54) is 11.1 Å². The van der Waals surface area contributed by atoms with Crippen molar-refractivity contribution in [2.24, 2.45) is 11.7 Å². The fraction of sp³-hybridized carbons (Fsp3) is 0.533. The Morgan fingerprint density at radius 3 is 2.53 bits per heavy atom. The highest BCUT2D eigenvalue weighted by molar-refractivity contribution is 5.83. The maximum Gasteiger partial charge on any atom is 0.141 e. The van der Waals surface area contributed by atoms with Gasteiger partial charge < -0.3 is 5.73 Å². The van der Waals surface area contributed by atoms with Gasteiger partial charge in [-0.15, -0.1) is 0 Å². The molecule has 1 unspecified atom stereocenters. The van der Waals surface area contributed by atoms with E-state index < -0.39 is 0 Å². The Kier molecular flexibility index (Phi) is 5.36. The molecule has 0 aliphatic heterocycles. The lowest BCUT2D eigenvalue weighted by Crippen LogP contribution is -2.25. The van der Waals surface area contributed by atoms with Gasteiger partial charge in [0.1, 0.15) is 5.78 Å². The van der Waals surface area contributed by atoms with E-state index in [0.717, 1.165) is 18.4 Å². The minimum Gasteiger partial charge on any atom is -0.330 e. The number of hydrogen-bond donors (Lipinski definition) is 1. The lowest BCUT2D eigenvalue weighted by atomic mass is 9.93. The van der Waals surface area contributed by atoms with Crippen molar-refractivity contribution in [1.29, 1.82) is 0 Å². The van der Waals surface area contributed by atoms with Crippen molar-refractivity contribution in [2.75, 3.05) is 6.54 Å². The van der Waals surface area contributed by atoms with E-state index in [1.807, 2.05) is 6.07 Å². The van der Waals surface area contributed by atoms with Crippen LogP contribution < -0.4 is 5.73 Å². The summed E-state index contributed by atoms with van der Waals surface area (Å²) in [6.45, 7) is 6.72. The first kappa shape index (κ1) is 13.9. The summed E-state index contributed by atoms with van der Waals surface area (Å²) in [5.74, 6) is 0.305. The van der Waals surface area contributed by atoms with Crippen LogP contribution in [0.2, 0.25) is 0 Å². The quantitative estimate of drug-likeness (QED) is 0.821. The molecule has 0 heterocycles. The van der Waals surface area contributed by atoms with Crippen LogP contribution in [0.25, 0.3) is 0 Å². The maximum absolute atomic E-state index is 12.0. The molecule has 2 N–H and O–H groups in total. The number of carbonyl (C=O) groups excluding carboxylic acids is 1. The van der Waals surface area contributed by atoms with Gasteiger partial charge >= 0.3 is 0 Å². The van der Waals surface area contributed by atoms with Crippen molar-refractivity contribution in [2.45, 2.75) is 40.0 Å². The van der Waals surface area contributed by atoms with E-state index >= 15 is 0 Å². The molecular formula is C15H23NO. The molecule has 0 saturated carbocycles. The molecule has 94 valence electrons. The molecule has 0 saturated heterocycles. The second kappa shape index (κ2) is 6.55. The monoisotopic (exact) mass is 233 g/mol. The number of aryl methyl sites for hydroxylation is 2. The Morgan fingerprint density at radius 1 is 1.29 bits per heavy atom. The summed E-state index contributed by atoms with van der Waals surface area (Å²) in [5.41, 5.74) is 9.26. The number of benzene rings is 1. The lowest BCUT2D eigenvalue weighted by Gasteiger charge is -2.12. The molecule has 0 fully saturated rings. The summed E-state index contributed by atoms with van der Waals surface area (Å²) < 4.78 is 0. The average molecular weight is 233 g/mol. The number of rotatable bonds is 6. The van der Waals surface area contributed by atoms with E-state index in [9.17, 15) is 4.79 Å². The lowest BCUT2D eigenvalue weighted by molar-refractivity contribution is -0.122. The van der Waals surface area contributed by atoms with Gasteiger partial charge in [-0.25, -0.2) is 0 Å². The summed E-state index contributed by atoms with van der Waals surface area (Å²) in [5, 5.41) is 0. The number of Topliss-reactive ketones (excluding diaryl/α,β-unsaturated/α-hetero) is 1. The Morgan fingerprint density at radius 2 is 2.00 bits per heavy atom. The molecule has 0 aliphatic rings. The molecular weight excluding hydrogens is 210 g/mol. The Balaban J connectivity index is 2.69. The van der Waals surface area contributed by atoms with Gasteiger partial charge in [-0.3, -0.25) is 4.79 Å². The summed E-state index contributed by atoms with van der Waals surface area (Å²) in [7, 11) is 0. The molecule has 0 amide bonds. The van der Waals surface area contributed by atoms with E-state index in [2.05, 4.69) is 32.9 Å². The van der Waals surface area contributed by atoms with Crippen LogP contribution in [-0.2, 0) is 11.2 Å². The SMILES string of the molecule is CCCC(CN)C(=O)Cc1ccc(C)c(C)c1. The predicted molar refractivity (Wildman–Crippen MR) is 72.1 cm³/mol. The largest absolute Gasteiger partial charge is 0.330 e. The molecule has 0 radical (unpaired) electrons. The standard InChI is InChI=1S/C15H23NO/c1-4-5-14(10-16)15(17)9-13-7-6-11(2)12(3)8-13/h6-8,14H,4-5,9-10,16H2,1-3H3. The van der Waals surface area contributed by atoms with Crippen LogP contribution in [0.1, 0.15) is 36.5 Å². The van der Waals surface area contributed by atoms with Crippen LogP contribution >= 0.6 is 0 Å². The van der Waals surface area contributed by atoms with Crippen molar-refractivity contribution >= 4 is 5.78 Å². The molecule has 1 aromatic rings. The third-order valence-corrected chi connectivity index (χ3v) is 3.33. The minimum atomic E-state index is 0.0293. The maximum atomic E-state index is 12.0. The van der Waals surface area contributed by atoms with E-state index in [1.54, 1.807) is 0 Å². The Hall–Kier alpha value is -1.15. The zero-order valence-corrected chi connectivity index (χ0v) is 11.1. The molecule has 0 aromatic heterocycles. The molecule has 2 heteroatoms. The number of hydrogen-bond acceptors (Lipinski definition) is 2. The molecule has 2 nitrogen and oxygen atoms in total. The first-order valence-corrected chi connectivity index (χ1v) is 6.37. The highest BCUT2D eigenvalue weighted by Gasteiger charge is 2.16. The third kappa shape index (κ3) is 3.97. The van der Waals surface area contributed by atoms with Crippen LogP contribution in [0.15, 0.2) is 18.2 Å². The van der Waals surface area contributed by atoms with Crippen molar-refractivity contribution in [3.63, 3.8) is 0 Å². The van der Waals surface area contributed by atoms with Gasteiger partial charge in [0, 0.05) is 18.9 Å². The fourth-order valence-electron chi connectivity index (χ4n) is 2.02. The van der Waals surface area contributed by atoms with Crippen molar-refractivity contribution < 1.29 is 4.79 Å². The molecule has 0 bridgehead atoms. The van der Waals surface area contributed by atoms with Crippen molar-refractivity contribution in [3.05, 3.63) is 34.9 Å². The summed E-state index contributed by atoms with van der Waals surface area (Å²) in [6, 6.07) is 6.22. The topological polar surface area (TPSA) is 43.1 Å². The zero-order chi connectivity index (χ0) is 12.8. The second-order valence-corrected chi connectivity index (χ2v) is 4.78. The molecule has 1 rings (SSSR count). The van der Waals surface area contributed by atoms with E-state index in [4.69, 9.17) is 5.73 Å². The van der Waals surface area contributed by atoms with Gasteiger partial charge in [0.25, 0.3) is 0 Å². The van der Waals surface area contributed by atoms with Gasteiger partial charge in [-0.05, 0) is 37.0 Å². The summed E-state index contributed by atoms with van der Waals surface area (Å²) in [6.07, 6.45) is 2.43. The highest BCUT2D eigenvalue weighted by atomic mass is 16.1. The van der Waals surface area contributed by atoms with Crippen LogP contribution in [0.5, 0.6) is 0 Å². The van der Waals surface area contributed by atoms with Crippen molar-refractivity contribution in [3.8, 4) is 0 Å². The van der Waals surface area contributed by atoms with Crippen LogP contribution in [0.4, 0.5) is 0 Å². The van der Waals surface area contributed by atoms with Gasteiger partial charge in [0.15, 0.2) is 0 Å². The first-order valence-electron chi connectivity index (χ1n) is 6.37. The predicted octanol–water partition coefficient (Wildman–Crippen LogP) is 2.79. The smallest absolute Gasteiger partial charge is 0.141 e. The third-order valence-electron chi connectivity index (χ3n) is 3.33. The van der Waals surface area contributed by atoms with Gasteiger partial charge in [-0.2, -0.15) is 0 Å². The second-order valence-electron chi connectivity index (χ2n) is 4.78. The van der Waals surface area contributed by atoms with Crippen LogP contribution in [0, 0.1) is 19.8 Å². The minimum absolute atomic E-state index is 0.0293. The first-order chi connectivity index (χ1) is 8.08.